The van der Waals surface area contributed by atoms with Crippen molar-refractivity contribution in [3.63, 3.8) is 0 Å². The average Bonchev–Trinajstić information content (AvgIpc) is 2.71. The number of hydrogen-bond acceptors (Lipinski definition) is 4. The summed E-state index contributed by atoms with van der Waals surface area (Å²) in [6.45, 7) is 7.69. The molecule has 2 aromatic carbocycles. The van der Waals surface area contributed by atoms with Gasteiger partial charge in [-0.3, -0.25) is 9.36 Å². The topological polar surface area (TPSA) is 44.1 Å². The van der Waals surface area contributed by atoms with E-state index in [4.69, 9.17) is 9.72 Å². The maximum atomic E-state index is 13.0. The Morgan fingerprint density at radius 1 is 1.19 bits per heavy atom. The molecule has 1 heterocycles. The zero-order chi connectivity index (χ0) is 19.1. The van der Waals surface area contributed by atoms with Crippen LogP contribution in [0.4, 0.5) is 0 Å². The Morgan fingerprint density at radius 2 is 1.96 bits per heavy atom. The van der Waals surface area contributed by atoms with Crippen molar-refractivity contribution in [2.24, 2.45) is 0 Å². The summed E-state index contributed by atoms with van der Waals surface area (Å²) in [5.74, 6) is 0.758. The van der Waals surface area contributed by atoms with Gasteiger partial charge in [-0.25, -0.2) is 4.98 Å². The Morgan fingerprint density at radius 3 is 2.70 bits per heavy atom. The van der Waals surface area contributed by atoms with Crippen molar-refractivity contribution < 1.29 is 4.74 Å². The molecule has 0 saturated heterocycles. The zero-order valence-corrected chi connectivity index (χ0v) is 16.4. The molecule has 0 aliphatic carbocycles. The van der Waals surface area contributed by atoms with Crippen molar-refractivity contribution in [3.05, 3.63) is 76.6 Å². The van der Waals surface area contributed by atoms with Crippen LogP contribution in [-0.4, -0.2) is 22.8 Å². The number of thioether (sulfide) groups is 1. The predicted octanol–water partition coefficient (Wildman–Crippen LogP) is 4.76. The van der Waals surface area contributed by atoms with E-state index in [1.807, 2.05) is 49.4 Å². The maximum absolute atomic E-state index is 13.0. The number of benzene rings is 2. The van der Waals surface area contributed by atoms with Gasteiger partial charge in [-0.2, -0.15) is 0 Å². The lowest BCUT2D eigenvalue weighted by atomic mass is 10.1. The van der Waals surface area contributed by atoms with Crippen LogP contribution in [0.3, 0.4) is 0 Å². The molecule has 3 rings (SSSR count). The molecule has 0 bridgehead atoms. The van der Waals surface area contributed by atoms with Gasteiger partial charge in [0, 0.05) is 25.5 Å². The smallest absolute Gasteiger partial charge is 0.262 e. The Hall–Kier alpha value is -2.37. The van der Waals surface area contributed by atoms with E-state index in [2.05, 4.69) is 18.7 Å². The van der Waals surface area contributed by atoms with E-state index in [0.29, 0.717) is 25.1 Å². The zero-order valence-electron chi connectivity index (χ0n) is 15.6. The first kappa shape index (κ1) is 19.4. The third-order valence-electron chi connectivity index (χ3n) is 4.28. The second kappa shape index (κ2) is 9.53. The lowest BCUT2D eigenvalue weighted by Gasteiger charge is -2.13. The molecule has 0 amide bonds. The fraction of sp³-hybridized carbons (Fsp3) is 0.273. The molecule has 0 atom stereocenters. The molecule has 5 heteroatoms. The maximum Gasteiger partial charge on any atom is 0.262 e. The fourth-order valence-corrected chi connectivity index (χ4v) is 3.80. The van der Waals surface area contributed by atoms with Crippen molar-refractivity contribution in [2.45, 2.75) is 30.8 Å². The lowest BCUT2D eigenvalue weighted by Crippen LogP contribution is -2.24. The van der Waals surface area contributed by atoms with E-state index < -0.39 is 0 Å². The molecule has 0 aliphatic heterocycles. The molecule has 27 heavy (non-hydrogen) atoms. The summed E-state index contributed by atoms with van der Waals surface area (Å²) in [5.41, 5.74) is 3.05. The minimum Gasteiger partial charge on any atom is -0.382 e. The third kappa shape index (κ3) is 4.87. The SMILES string of the molecule is C=Cc1ccc(CSc2nc3ccccc3c(=O)n2CCCOCC)cc1. The first-order chi connectivity index (χ1) is 13.2. The largest absolute Gasteiger partial charge is 0.382 e. The van der Waals surface area contributed by atoms with Crippen LogP contribution in [0.2, 0.25) is 0 Å². The summed E-state index contributed by atoms with van der Waals surface area (Å²) in [6, 6.07) is 15.8. The van der Waals surface area contributed by atoms with Crippen LogP contribution in [0, 0.1) is 0 Å². The van der Waals surface area contributed by atoms with Crippen LogP contribution in [0.15, 0.2) is 65.1 Å². The van der Waals surface area contributed by atoms with Crippen LogP contribution in [0.1, 0.15) is 24.5 Å². The van der Waals surface area contributed by atoms with Crippen molar-refractivity contribution in [2.75, 3.05) is 13.2 Å². The van der Waals surface area contributed by atoms with E-state index in [1.54, 1.807) is 16.3 Å². The Bertz CT molecular complexity index is 964. The van der Waals surface area contributed by atoms with Crippen LogP contribution >= 0.6 is 11.8 Å². The van der Waals surface area contributed by atoms with Gasteiger partial charge in [0.15, 0.2) is 5.16 Å². The number of hydrogen-bond donors (Lipinski definition) is 0. The van der Waals surface area contributed by atoms with Crippen molar-refractivity contribution in [3.8, 4) is 0 Å². The number of ether oxygens (including phenoxy) is 1. The van der Waals surface area contributed by atoms with Crippen molar-refractivity contribution in [1.29, 1.82) is 0 Å². The van der Waals surface area contributed by atoms with Gasteiger partial charge in [0.25, 0.3) is 5.56 Å². The Kier molecular flexibility index (Phi) is 6.85. The molecule has 0 aliphatic rings. The number of aromatic nitrogens is 2. The van der Waals surface area contributed by atoms with Gasteiger partial charge in [0.1, 0.15) is 0 Å². The van der Waals surface area contributed by atoms with E-state index in [-0.39, 0.29) is 5.56 Å². The molecule has 3 aromatic rings. The summed E-state index contributed by atoms with van der Waals surface area (Å²) in [7, 11) is 0. The molecule has 4 nitrogen and oxygen atoms in total. The summed E-state index contributed by atoms with van der Waals surface area (Å²) >= 11 is 1.59. The average molecular weight is 381 g/mol. The van der Waals surface area contributed by atoms with E-state index in [1.165, 1.54) is 5.56 Å². The van der Waals surface area contributed by atoms with Crippen LogP contribution in [0.5, 0.6) is 0 Å². The quantitative estimate of drug-likeness (QED) is 0.305. The molecule has 0 spiro atoms. The highest BCUT2D eigenvalue weighted by Crippen LogP contribution is 2.22. The third-order valence-corrected chi connectivity index (χ3v) is 5.33. The number of fused-ring (bicyclic) bond motifs is 1. The molecule has 0 fully saturated rings. The lowest BCUT2D eigenvalue weighted by molar-refractivity contribution is 0.140. The minimum absolute atomic E-state index is 0.0154. The van der Waals surface area contributed by atoms with Gasteiger partial charge in [-0.1, -0.05) is 60.8 Å². The molecule has 0 radical (unpaired) electrons. The molecule has 1 aromatic heterocycles. The van der Waals surface area contributed by atoms with Gasteiger partial charge >= 0.3 is 0 Å². The van der Waals surface area contributed by atoms with Gasteiger partial charge in [0.05, 0.1) is 10.9 Å². The Balaban J connectivity index is 1.86. The molecule has 0 saturated carbocycles. The second-order valence-corrected chi connectivity index (χ2v) is 7.10. The molecule has 0 N–H and O–H groups in total. The van der Waals surface area contributed by atoms with Crippen molar-refractivity contribution in [1.82, 2.24) is 9.55 Å². The molecule has 140 valence electrons. The summed E-state index contributed by atoms with van der Waals surface area (Å²) < 4.78 is 7.20. The van der Waals surface area contributed by atoms with Gasteiger partial charge in [0.2, 0.25) is 0 Å². The van der Waals surface area contributed by atoms with Gasteiger partial charge in [-0.05, 0) is 36.6 Å². The molecular weight excluding hydrogens is 356 g/mol. The van der Waals surface area contributed by atoms with Crippen LogP contribution in [0.25, 0.3) is 17.0 Å². The highest BCUT2D eigenvalue weighted by molar-refractivity contribution is 7.98. The summed E-state index contributed by atoms with van der Waals surface area (Å²) in [4.78, 5) is 17.7. The monoisotopic (exact) mass is 380 g/mol. The normalized spacial score (nSPS) is 11.0. The van der Waals surface area contributed by atoms with Gasteiger partial charge in [-0.15, -0.1) is 0 Å². The van der Waals surface area contributed by atoms with Crippen LogP contribution in [-0.2, 0) is 17.0 Å². The van der Waals surface area contributed by atoms with Gasteiger partial charge < -0.3 is 4.74 Å². The first-order valence-electron chi connectivity index (χ1n) is 9.14. The first-order valence-corrected chi connectivity index (χ1v) is 10.1. The second-order valence-electron chi connectivity index (χ2n) is 6.15. The summed E-state index contributed by atoms with van der Waals surface area (Å²) in [6.07, 6.45) is 2.62. The number of rotatable bonds is 9. The summed E-state index contributed by atoms with van der Waals surface area (Å²) in [5, 5.41) is 1.41. The highest BCUT2D eigenvalue weighted by atomic mass is 32.2. The van der Waals surface area contributed by atoms with E-state index in [9.17, 15) is 4.79 Å². The minimum atomic E-state index is 0.0154. The number of nitrogens with zero attached hydrogens (tertiary/aromatic N) is 2. The molecule has 0 unspecified atom stereocenters. The number of para-hydroxylation sites is 1. The highest BCUT2D eigenvalue weighted by Gasteiger charge is 2.11. The van der Waals surface area contributed by atoms with Crippen molar-refractivity contribution >= 4 is 28.7 Å². The Labute approximate surface area is 163 Å². The van der Waals surface area contributed by atoms with Crippen LogP contribution < -0.4 is 5.56 Å². The standard InChI is InChI=1S/C22H24N2O2S/c1-3-17-10-12-18(13-11-17)16-27-22-23-20-9-6-5-8-19(20)21(25)24(22)14-7-15-26-4-2/h3,5-6,8-13H,1,4,7,14-16H2,2H3. The van der Waals surface area contributed by atoms with E-state index in [0.717, 1.165) is 28.4 Å². The molecular formula is C22H24N2O2S. The fourth-order valence-electron chi connectivity index (χ4n) is 2.82. The van der Waals surface area contributed by atoms with E-state index >= 15 is 0 Å². The predicted molar refractivity (Wildman–Crippen MR) is 113 cm³/mol.